The van der Waals surface area contributed by atoms with E-state index in [2.05, 4.69) is 10.3 Å². The summed E-state index contributed by atoms with van der Waals surface area (Å²) in [5, 5.41) is 3.15. The van der Waals surface area contributed by atoms with Crippen LogP contribution in [0.2, 0.25) is 0 Å². The molecule has 0 saturated carbocycles. The van der Waals surface area contributed by atoms with Crippen molar-refractivity contribution in [1.29, 1.82) is 0 Å². The second kappa shape index (κ2) is 5.61. The lowest BCUT2D eigenvalue weighted by Gasteiger charge is -2.15. The summed E-state index contributed by atoms with van der Waals surface area (Å²) in [5.74, 6) is 0.210. The minimum Gasteiger partial charge on any atom is -0.342 e. The molecular weight excluding hydrogens is 202 g/mol. The molecule has 1 aromatic rings. The second-order valence-electron chi connectivity index (χ2n) is 4.05. The predicted octanol–water partition coefficient (Wildman–Crippen LogP) is 0.794. The first kappa shape index (κ1) is 11.1. The number of pyridine rings is 1. The molecule has 1 amide bonds. The second-order valence-corrected chi connectivity index (χ2v) is 4.05. The zero-order valence-electron chi connectivity index (χ0n) is 9.35. The van der Waals surface area contributed by atoms with Crippen molar-refractivity contribution in [2.45, 2.75) is 19.4 Å². The van der Waals surface area contributed by atoms with Crippen molar-refractivity contribution in [3.8, 4) is 0 Å². The number of rotatable bonds is 4. The van der Waals surface area contributed by atoms with Gasteiger partial charge in [0.1, 0.15) is 0 Å². The largest absolute Gasteiger partial charge is 0.342 e. The highest BCUT2D eigenvalue weighted by atomic mass is 16.2. The molecule has 0 atom stereocenters. The Kier molecular flexibility index (Phi) is 3.88. The first-order chi connectivity index (χ1) is 7.86. The first-order valence-electron chi connectivity index (χ1n) is 5.73. The molecule has 4 nitrogen and oxygen atoms in total. The fraction of sp³-hybridized carbons (Fsp3) is 0.500. The minimum atomic E-state index is 0.210. The third-order valence-corrected chi connectivity index (χ3v) is 2.79. The maximum atomic E-state index is 11.7. The van der Waals surface area contributed by atoms with Gasteiger partial charge in [0.25, 0.3) is 0 Å². The van der Waals surface area contributed by atoms with E-state index in [-0.39, 0.29) is 5.91 Å². The molecule has 16 heavy (non-hydrogen) atoms. The van der Waals surface area contributed by atoms with Gasteiger partial charge in [-0.3, -0.25) is 9.78 Å². The van der Waals surface area contributed by atoms with Gasteiger partial charge < -0.3 is 10.2 Å². The third-order valence-electron chi connectivity index (χ3n) is 2.79. The molecule has 4 heteroatoms. The van der Waals surface area contributed by atoms with Crippen molar-refractivity contribution in [1.82, 2.24) is 15.2 Å². The van der Waals surface area contributed by atoms with Crippen LogP contribution in [-0.4, -0.2) is 35.4 Å². The van der Waals surface area contributed by atoms with Gasteiger partial charge in [0.05, 0.1) is 6.54 Å². The van der Waals surface area contributed by atoms with E-state index in [0.717, 1.165) is 31.5 Å². The molecule has 2 heterocycles. The lowest BCUT2D eigenvalue weighted by molar-refractivity contribution is -0.129. The molecule has 0 aliphatic carbocycles. The van der Waals surface area contributed by atoms with Crippen LogP contribution in [0.25, 0.3) is 0 Å². The highest BCUT2D eigenvalue weighted by Gasteiger charge is 2.16. The van der Waals surface area contributed by atoms with Gasteiger partial charge in [-0.25, -0.2) is 0 Å². The Bertz CT molecular complexity index is 333. The molecule has 1 fully saturated rings. The van der Waals surface area contributed by atoms with E-state index in [1.165, 1.54) is 0 Å². The normalized spacial score (nSPS) is 15.4. The number of hydrogen-bond donors (Lipinski definition) is 1. The van der Waals surface area contributed by atoms with E-state index < -0.39 is 0 Å². The number of carbonyl (C=O) groups is 1. The van der Waals surface area contributed by atoms with Crippen LogP contribution < -0.4 is 5.32 Å². The van der Waals surface area contributed by atoms with Crippen molar-refractivity contribution in [2.75, 3.05) is 19.6 Å². The van der Waals surface area contributed by atoms with E-state index in [4.69, 9.17) is 0 Å². The van der Waals surface area contributed by atoms with Crippen molar-refractivity contribution < 1.29 is 4.79 Å². The van der Waals surface area contributed by atoms with Crippen LogP contribution in [0.4, 0.5) is 0 Å². The van der Waals surface area contributed by atoms with Gasteiger partial charge in [-0.1, -0.05) is 6.07 Å². The van der Waals surface area contributed by atoms with Gasteiger partial charge in [0.2, 0.25) is 5.91 Å². The standard InChI is InChI=1S/C12H17N3O/c16-12(15-6-1-2-7-15)10-14-9-11-4-3-5-13-8-11/h3-5,8,14H,1-2,6-7,9-10H2. The summed E-state index contributed by atoms with van der Waals surface area (Å²) in [6.07, 6.45) is 5.86. The number of nitrogens with one attached hydrogen (secondary N) is 1. The quantitative estimate of drug-likeness (QED) is 0.814. The SMILES string of the molecule is O=C(CNCc1cccnc1)N1CCCC1. The Morgan fingerprint density at radius 2 is 2.25 bits per heavy atom. The molecule has 0 spiro atoms. The molecular formula is C12H17N3O. The highest BCUT2D eigenvalue weighted by Crippen LogP contribution is 2.06. The molecule has 0 bridgehead atoms. The predicted molar refractivity (Wildman–Crippen MR) is 61.8 cm³/mol. The number of likely N-dealkylation sites (tertiary alicyclic amines) is 1. The zero-order valence-corrected chi connectivity index (χ0v) is 9.35. The Balaban J connectivity index is 1.70. The third kappa shape index (κ3) is 3.03. The lowest BCUT2D eigenvalue weighted by atomic mass is 10.3. The average Bonchev–Trinajstić information content (AvgIpc) is 2.84. The molecule has 2 rings (SSSR count). The Hall–Kier alpha value is -1.42. The number of amides is 1. The molecule has 1 aromatic heterocycles. The number of aromatic nitrogens is 1. The maximum Gasteiger partial charge on any atom is 0.236 e. The molecule has 0 radical (unpaired) electrons. The number of nitrogens with zero attached hydrogens (tertiary/aromatic N) is 2. The molecule has 0 unspecified atom stereocenters. The van der Waals surface area contributed by atoms with E-state index in [1.54, 1.807) is 6.20 Å². The van der Waals surface area contributed by atoms with Crippen LogP contribution in [0.5, 0.6) is 0 Å². The number of hydrogen-bond acceptors (Lipinski definition) is 3. The lowest BCUT2D eigenvalue weighted by Crippen LogP contribution is -2.35. The smallest absolute Gasteiger partial charge is 0.236 e. The Morgan fingerprint density at radius 3 is 2.94 bits per heavy atom. The van der Waals surface area contributed by atoms with Gasteiger partial charge >= 0.3 is 0 Å². The summed E-state index contributed by atoms with van der Waals surface area (Å²) in [5.41, 5.74) is 1.11. The van der Waals surface area contributed by atoms with Gasteiger partial charge in [0, 0.05) is 32.0 Å². The van der Waals surface area contributed by atoms with E-state index in [9.17, 15) is 4.79 Å². The van der Waals surface area contributed by atoms with E-state index in [0.29, 0.717) is 13.1 Å². The molecule has 1 aliphatic rings. The van der Waals surface area contributed by atoms with Gasteiger partial charge in [0.15, 0.2) is 0 Å². The van der Waals surface area contributed by atoms with E-state index in [1.807, 2.05) is 23.2 Å². The van der Waals surface area contributed by atoms with Crippen molar-refractivity contribution >= 4 is 5.91 Å². The molecule has 1 saturated heterocycles. The molecule has 1 aliphatic heterocycles. The summed E-state index contributed by atoms with van der Waals surface area (Å²) in [4.78, 5) is 17.6. The fourth-order valence-electron chi connectivity index (χ4n) is 1.89. The molecule has 1 N–H and O–H groups in total. The van der Waals surface area contributed by atoms with E-state index >= 15 is 0 Å². The maximum absolute atomic E-state index is 11.7. The minimum absolute atomic E-state index is 0.210. The average molecular weight is 219 g/mol. The van der Waals surface area contributed by atoms with Gasteiger partial charge in [-0.2, -0.15) is 0 Å². The van der Waals surface area contributed by atoms with Crippen LogP contribution in [-0.2, 0) is 11.3 Å². The van der Waals surface area contributed by atoms with Gasteiger partial charge in [-0.15, -0.1) is 0 Å². The Morgan fingerprint density at radius 1 is 1.44 bits per heavy atom. The summed E-state index contributed by atoms with van der Waals surface area (Å²) in [6, 6.07) is 3.90. The van der Waals surface area contributed by atoms with Crippen molar-refractivity contribution in [3.05, 3.63) is 30.1 Å². The summed E-state index contributed by atoms with van der Waals surface area (Å²) in [6.45, 7) is 2.98. The monoisotopic (exact) mass is 219 g/mol. The number of carbonyl (C=O) groups excluding carboxylic acids is 1. The van der Waals surface area contributed by atoms with Crippen LogP contribution in [0.15, 0.2) is 24.5 Å². The molecule has 0 aromatic carbocycles. The highest BCUT2D eigenvalue weighted by molar-refractivity contribution is 5.78. The van der Waals surface area contributed by atoms with Crippen LogP contribution in [0.3, 0.4) is 0 Å². The van der Waals surface area contributed by atoms with Crippen LogP contribution in [0.1, 0.15) is 18.4 Å². The zero-order chi connectivity index (χ0) is 11.2. The summed E-state index contributed by atoms with van der Waals surface area (Å²) in [7, 11) is 0. The fourth-order valence-corrected chi connectivity index (χ4v) is 1.89. The van der Waals surface area contributed by atoms with Crippen LogP contribution >= 0.6 is 0 Å². The summed E-state index contributed by atoms with van der Waals surface area (Å²) >= 11 is 0. The Labute approximate surface area is 95.7 Å². The first-order valence-corrected chi connectivity index (χ1v) is 5.73. The van der Waals surface area contributed by atoms with Crippen molar-refractivity contribution in [2.24, 2.45) is 0 Å². The summed E-state index contributed by atoms with van der Waals surface area (Å²) < 4.78 is 0. The topological polar surface area (TPSA) is 45.2 Å². The van der Waals surface area contributed by atoms with Crippen molar-refractivity contribution in [3.63, 3.8) is 0 Å². The van der Waals surface area contributed by atoms with Crippen LogP contribution in [0, 0.1) is 0 Å². The van der Waals surface area contributed by atoms with Gasteiger partial charge in [-0.05, 0) is 24.5 Å². The molecule has 86 valence electrons.